The molecule has 3 aromatic carbocycles. The van der Waals surface area contributed by atoms with Crippen molar-refractivity contribution < 1.29 is 46.4 Å². The lowest BCUT2D eigenvalue weighted by molar-refractivity contribution is -0.131. The Morgan fingerprint density at radius 2 is 1.54 bits per heavy atom. The average molecular weight is 878 g/mol. The van der Waals surface area contributed by atoms with Gasteiger partial charge in [0, 0.05) is 81.1 Å². The molecular formula is C48H62F3N5O7. The number of halogens is 3. The molecule has 0 spiro atoms. The molecule has 2 saturated carbocycles. The molecule has 4 aromatic rings. The monoisotopic (exact) mass is 877 g/mol. The first-order valence-electron chi connectivity index (χ1n) is 21.8. The number of fused-ring (bicyclic) bond motifs is 1. The van der Waals surface area contributed by atoms with Gasteiger partial charge in [0.1, 0.15) is 17.8 Å². The van der Waals surface area contributed by atoms with Crippen molar-refractivity contribution in [2.75, 3.05) is 58.3 Å². The summed E-state index contributed by atoms with van der Waals surface area (Å²) in [5, 5.41) is 9.37. The van der Waals surface area contributed by atoms with Gasteiger partial charge in [-0.2, -0.15) is 0 Å². The van der Waals surface area contributed by atoms with Gasteiger partial charge in [0.2, 0.25) is 11.8 Å². The molecule has 0 bridgehead atoms. The van der Waals surface area contributed by atoms with Crippen LogP contribution < -0.4 is 30.2 Å². The van der Waals surface area contributed by atoms with Gasteiger partial charge in [0.15, 0.2) is 34.7 Å². The molecule has 1 unspecified atom stereocenters. The molecular weight excluding hydrogens is 816 g/mol. The van der Waals surface area contributed by atoms with Gasteiger partial charge in [0.05, 0.1) is 24.3 Å². The Morgan fingerprint density at radius 3 is 2.13 bits per heavy atom. The number of nitrogens with one attached hydrogen (secondary N) is 3. The van der Waals surface area contributed by atoms with E-state index in [1.165, 1.54) is 24.6 Å². The van der Waals surface area contributed by atoms with E-state index in [0.717, 1.165) is 70.1 Å². The molecule has 3 N–H and O–H groups in total. The van der Waals surface area contributed by atoms with Crippen molar-refractivity contribution in [1.29, 1.82) is 0 Å². The first-order chi connectivity index (χ1) is 30.3. The average Bonchev–Trinajstić information content (AvgIpc) is 4.23. The maximum atomic E-state index is 15.3. The van der Waals surface area contributed by atoms with Gasteiger partial charge in [-0.1, -0.05) is 27.2 Å². The smallest absolute Gasteiger partial charge is 0.240 e. The van der Waals surface area contributed by atoms with E-state index in [0.29, 0.717) is 40.8 Å². The summed E-state index contributed by atoms with van der Waals surface area (Å²) >= 11 is 0. The maximum Gasteiger partial charge on any atom is 0.240 e. The van der Waals surface area contributed by atoms with Crippen LogP contribution in [0.3, 0.4) is 0 Å². The number of unbranched alkanes of at least 4 members (excludes halogenated alkanes) is 1. The lowest BCUT2D eigenvalue weighted by atomic mass is 10.0. The predicted molar refractivity (Wildman–Crippen MR) is 239 cm³/mol. The number of pyridine rings is 1. The standard InChI is InChI=1S/C36H35F3N4O6.C10H21NO.C2H6/c1-46-31-18-24-28(19-32(31)48-20-35(9-10-35)43-21-7-14-47-15-8-21)40-13-6-29(24)49-30-5-3-23(17-27(30)39)42-34(45)36(11-12-36)33(44)41-22-2-4-25(37)26(38)16-22;1-5-6-9-12-10(2)7-8-11(3)4;1-2/h2-6,13,16-19,21,43H,7-12,14-15,20H2,1H3,(H,41,44)(H,42,45);7-8,10H,5-6,9H2,1-4H3;1-2H3/b;8-7+;. The fourth-order valence-corrected chi connectivity index (χ4v) is 6.76. The van der Waals surface area contributed by atoms with Crippen molar-refractivity contribution in [1.82, 2.24) is 15.2 Å². The fraction of sp³-hybridized carbons (Fsp3) is 0.479. The summed E-state index contributed by atoms with van der Waals surface area (Å²) < 4.78 is 71.0. The van der Waals surface area contributed by atoms with E-state index in [1.54, 1.807) is 31.5 Å². The number of aromatic nitrogens is 1. The van der Waals surface area contributed by atoms with Gasteiger partial charge in [-0.05, 0) is 101 Å². The number of carbonyl (C=O) groups is 2. The minimum Gasteiger partial charge on any atom is -0.493 e. The van der Waals surface area contributed by atoms with Gasteiger partial charge in [-0.15, -0.1) is 0 Å². The maximum absolute atomic E-state index is 15.3. The number of rotatable bonds is 18. The summed E-state index contributed by atoms with van der Waals surface area (Å²) in [7, 11) is 5.56. The lowest BCUT2D eigenvalue weighted by Gasteiger charge is -2.28. The molecule has 1 atom stereocenters. The number of methoxy groups -OCH3 is 1. The zero-order valence-corrected chi connectivity index (χ0v) is 37.5. The number of carbonyl (C=O) groups excluding carboxylic acids is 2. The number of amides is 2. The zero-order chi connectivity index (χ0) is 45.6. The molecule has 0 radical (unpaired) electrons. The van der Waals surface area contributed by atoms with Crippen LogP contribution in [0.1, 0.15) is 79.1 Å². The van der Waals surface area contributed by atoms with Crippen LogP contribution in [0.15, 0.2) is 73.1 Å². The molecule has 1 aliphatic heterocycles. The molecule has 1 saturated heterocycles. The van der Waals surface area contributed by atoms with E-state index in [9.17, 15) is 18.4 Å². The second-order valence-corrected chi connectivity index (χ2v) is 16.0. The second-order valence-electron chi connectivity index (χ2n) is 16.0. The van der Waals surface area contributed by atoms with Crippen molar-refractivity contribution >= 4 is 34.1 Å². The van der Waals surface area contributed by atoms with Crippen LogP contribution in [0, 0.1) is 22.9 Å². The normalized spacial score (nSPS) is 16.4. The van der Waals surface area contributed by atoms with E-state index in [1.807, 2.05) is 39.0 Å². The van der Waals surface area contributed by atoms with Crippen molar-refractivity contribution in [3.8, 4) is 23.0 Å². The van der Waals surface area contributed by atoms with Crippen molar-refractivity contribution in [2.45, 2.75) is 96.7 Å². The third-order valence-corrected chi connectivity index (χ3v) is 10.8. The number of hydrogen-bond donors (Lipinski definition) is 3. The lowest BCUT2D eigenvalue weighted by Crippen LogP contribution is -2.46. The fourth-order valence-electron chi connectivity index (χ4n) is 6.76. The Morgan fingerprint density at radius 1 is 0.873 bits per heavy atom. The van der Waals surface area contributed by atoms with Crippen LogP contribution in [-0.4, -0.2) is 87.0 Å². The van der Waals surface area contributed by atoms with Gasteiger partial charge < -0.3 is 44.5 Å². The summed E-state index contributed by atoms with van der Waals surface area (Å²) in [5.41, 5.74) is -0.777. The number of benzene rings is 3. The molecule has 342 valence electrons. The highest BCUT2D eigenvalue weighted by Gasteiger charge is 2.56. The van der Waals surface area contributed by atoms with Crippen molar-refractivity contribution in [3.05, 3.63) is 90.5 Å². The number of nitrogens with zero attached hydrogens (tertiary/aromatic N) is 2. The number of ether oxygens (including phenoxy) is 5. The molecule has 7 rings (SSSR count). The Hall–Kier alpha value is -5.38. The van der Waals surface area contributed by atoms with Crippen LogP contribution >= 0.6 is 0 Å². The Kier molecular flexibility index (Phi) is 17.6. The topological polar surface area (TPSA) is 133 Å². The van der Waals surface area contributed by atoms with E-state index >= 15 is 4.39 Å². The van der Waals surface area contributed by atoms with Crippen LogP contribution in [0.2, 0.25) is 0 Å². The quantitative estimate of drug-likeness (QED) is 0.0656. The molecule has 63 heavy (non-hydrogen) atoms. The molecule has 15 heteroatoms. The molecule has 2 amide bonds. The van der Waals surface area contributed by atoms with Crippen molar-refractivity contribution in [3.63, 3.8) is 0 Å². The Balaban J connectivity index is 0.000000465. The SMILES string of the molecule is CC.CCCCOC(C)/C=C/N(C)C.COc1cc2c(Oc3ccc(NC(=O)C4(C(=O)Nc5ccc(F)c(F)c5)CC4)cc3F)ccnc2cc1OCC1(NC2CCOCC2)CC1. The molecule has 3 aliphatic rings. The van der Waals surface area contributed by atoms with Crippen LogP contribution in [-0.2, 0) is 19.1 Å². The molecule has 2 aliphatic carbocycles. The summed E-state index contributed by atoms with van der Waals surface area (Å²) in [6.45, 7) is 11.1. The van der Waals surface area contributed by atoms with E-state index < -0.39 is 34.7 Å². The third kappa shape index (κ3) is 13.6. The molecule has 1 aromatic heterocycles. The minimum atomic E-state index is -1.41. The highest BCUT2D eigenvalue weighted by atomic mass is 19.2. The summed E-state index contributed by atoms with van der Waals surface area (Å²) in [5.74, 6) is -2.99. The van der Waals surface area contributed by atoms with Gasteiger partial charge in [-0.3, -0.25) is 14.6 Å². The van der Waals surface area contributed by atoms with Crippen LogP contribution in [0.25, 0.3) is 10.9 Å². The first kappa shape index (κ1) is 48.6. The van der Waals surface area contributed by atoms with Gasteiger partial charge in [-0.25, -0.2) is 13.2 Å². The van der Waals surface area contributed by atoms with Gasteiger partial charge >= 0.3 is 0 Å². The zero-order valence-electron chi connectivity index (χ0n) is 37.5. The summed E-state index contributed by atoms with van der Waals surface area (Å²) in [4.78, 5) is 32.4. The first-order valence-corrected chi connectivity index (χ1v) is 21.8. The van der Waals surface area contributed by atoms with Crippen LogP contribution in [0.5, 0.6) is 23.0 Å². The molecule has 12 nitrogen and oxygen atoms in total. The van der Waals surface area contributed by atoms with E-state index in [-0.39, 0.29) is 41.6 Å². The summed E-state index contributed by atoms with van der Waals surface area (Å²) in [6, 6.07) is 12.4. The third-order valence-electron chi connectivity index (χ3n) is 10.8. The number of anilines is 2. The number of hydrogen-bond acceptors (Lipinski definition) is 10. The van der Waals surface area contributed by atoms with E-state index in [4.69, 9.17) is 23.7 Å². The minimum absolute atomic E-state index is 0.0191. The van der Waals surface area contributed by atoms with Crippen molar-refractivity contribution in [2.24, 2.45) is 5.41 Å². The highest BCUT2D eigenvalue weighted by Crippen LogP contribution is 2.48. The second kappa shape index (κ2) is 22.8. The predicted octanol–water partition coefficient (Wildman–Crippen LogP) is 9.78. The van der Waals surface area contributed by atoms with Crippen LogP contribution in [0.4, 0.5) is 24.5 Å². The Bertz CT molecular complexity index is 2170. The molecule has 2 heterocycles. The highest BCUT2D eigenvalue weighted by molar-refractivity contribution is 6.16. The van der Waals surface area contributed by atoms with E-state index in [2.05, 4.69) is 40.9 Å². The molecule has 3 fully saturated rings. The van der Waals surface area contributed by atoms with Gasteiger partial charge in [0.25, 0.3) is 0 Å². The summed E-state index contributed by atoms with van der Waals surface area (Å²) in [6.07, 6.45) is 12.7. The Labute approximate surface area is 368 Å². The largest absolute Gasteiger partial charge is 0.493 e.